The van der Waals surface area contributed by atoms with Gasteiger partial charge >= 0.3 is 0 Å². The summed E-state index contributed by atoms with van der Waals surface area (Å²) in [5.41, 5.74) is 2.10. The van der Waals surface area contributed by atoms with Crippen molar-refractivity contribution in [2.24, 2.45) is 0 Å². The van der Waals surface area contributed by atoms with E-state index in [1.54, 1.807) is 0 Å². The Labute approximate surface area is 104 Å². The van der Waals surface area contributed by atoms with Crippen LogP contribution in [0.4, 0.5) is 0 Å². The van der Waals surface area contributed by atoms with Crippen LogP contribution in [0, 0.1) is 0 Å². The predicted octanol–water partition coefficient (Wildman–Crippen LogP) is 4.03. The van der Waals surface area contributed by atoms with Crippen molar-refractivity contribution in [3.8, 4) is 11.3 Å². The van der Waals surface area contributed by atoms with E-state index in [-0.39, 0.29) is 0 Å². The lowest BCUT2D eigenvalue weighted by atomic mass is 10.1. The van der Waals surface area contributed by atoms with Gasteiger partial charge in [-0.05, 0) is 18.2 Å². The molecule has 2 aromatic rings. The van der Waals surface area contributed by atoms with Gasteiger partial charge in [-0.2, -0.15) is 0 Å². The molecule has 0 N–H and O–H groups in total. The molecular weight excluding hydrogens is 264 g/mol. The Balaban J connectivity index is 2.40. The van der Waals surface area contributed by atoms with Crippen LogP contribution in [0.5, 0.6) is 0 Å². The Hall–Kier alpha value is -1.22. The minimum atomic E-state index is 0.357. The molecule has 0 bridgehead atoms. The normalized spacial score (nSPS) is 10.8. The Kier molecular flexibility index (Phi) is 3.34. The third-order valence-corrected chi connectivity index (χ3v) is 2.86. The summed E-state index contributed by atoms with van der Waals surface area (Å²) in [5, 5.41) is 0. The predicted molar refractivity (Wildman–Crippen MR) is 69.3 cm³/mol. The van der Waals surface area contributed by atoms with Gasteiger partial charge in [0.2, 0.25) is 0 Å². The summed E-state index contributed by atoms with van der Waals surface area (Å²) in [4.78, 5) is 8.81. The highest BCUT2D eigenvalue weighted by atomic mass is 79.9. The molecule has 0 saturated heterocycles. The second kappa shape index (κ2) is 4.74. The Morgan fingerprint density at radius 3 is 2.38 bits per heavy atom. The summed E-state index contributed by atoms with van der Waals surface area (Å²) in [7, 11) is 0. The second-order valence-electron chi connectivity index (χ2n) is 3.96. The molecule has 0 atom stereocenters. The number of hydrogen-bond acceptors (Lipinski definition) is 2. The minimum absolute atomic E-state index is 0.357. The van der Waals surface area contributed by atoms with E-state index in [1.165, 1.54) is 0 Å². The minimum Gasteiger partial charge on any atom is -0.241 e. The van der Waals surface area contributed by atoms with Crippen LogP contribution < -0.4 is 0 Å². The van der Waals surface area contributed by atoms with Crippen LogP contribution in [-0.2, 0) is 0 Å². The molecule has 16 heavy (non-hydrogen) atoms. The number of aromatic nitrogens is 2. The van der Waals surface area contributed by atoms with E-state index in [2.05, 4.69) is 51.9 Å². The topological polar surface area (TPSA) is 25.8 Å². The summed E-state index contributed by atoms with van der Waals surface area (Å²) >= 11 is 3.42. The number of rotatable bonds is 2. The fraction of sp³-hybridized carbons (Fsp3) is 0.231. The van der Waals surface area contributed by atoms with E-state index in [9.17, 15) is 0 Å². The van der Waals surface area contributed by atoms with E-state index >= 15 is 0 Å². The van der Waals surface area contributed by atoms with Gasteiger partial charge in [-0.15, -0.1) is 0 Å². The molecule has 1 aromatic heterocycles. The maximum Gasteiger partial charge on any atom is 0.131 e. The van der Waals surface area contributed by atoms with Gasteiger partial charge in [0, 0.05) is 22.2 Å². The van der Waals surface area contributed by atoms with Crippen LogP contribution in [0.2, 0.25) is 0 Å². The van der Waals surface area contributed by atoms with Crippen LogP contribution in [0.15, 0.2) is 41.0 Å². The van der Waals surface area contributed by atoms with Crippen LogP contribution in [0.1, 0.15) is 25.6 Å². The van der Waals surface area contributed by atoms with Crippen molar-refractivity contribution >= 4 is 15.9 Å². The van der Waals surface area contributed by atoms with Crippen molar-refractivity contribution in [1.29, 1.82) is 0 Å². The van der Waals surface area contributed by atoms with Gasteiger partial charge in [-0.1, -0.05) is 41.9 Å². The van der Waals surface area contributed by atoms with Gasteiger partial charge in [0.15, 0.2) is 0 Å². The van der Waals surface area contributed by atoms with Crippen molar-refractivity contribution in [3.63, 3.8) is 0 Å². The van der Waals surface area contributed by atoms with Crippen molar-refractivity contribution in [2.75, 3.05) is 0 Å². The van der Waals surface area contributed by atoms with E-state index < -0.39 is 0 Å². The average molecular weight is 277 g/mol. The lowest BCUT2D eigenvalue weighted by molar-refractivity contribution is 0.776. The van der Waals surface area contributed by atoms with Crippen LogP contribution in [0.3, 0.4) is 0 Å². The summed E-state index contributed by atoms with van der Waals surface area (Å²) in [5.74, 6) is 1.25. The van der Waals surface area contributed by atoms with Gasteiger partial charge in [0.25, 0.3) is 0 Å². The van der Waals surface area contributed by atoms with Crippen molar-refractivity contribution in [2.45, 2.75) is 19.8 Å². The maximum absolute atomic E-state index is 4.55. The maximum atomic E-state index is 4.55. The van der Waals surface area contributed by atoms with Gasteiger partial charge in [-0.25, -0.2) is 9.97 Å². The largest absolute Gasteiger partial charge is 0.241 e. The van der Waals surface area contributed by atoms with Gasteiger partial charge in [-0.3, -0.25) is 0 Å². The quantitative estimate of drug-likeness (QED) is 0.828. The molecule has 0 spiro atoms. The lowest BCUT2D eigenvalue weighted by Crippen LogP contribution is -1.97. The molecule has 0 amide bonds. The molecule has 82 valence electrons. The SMILES string of the molecule is CC(C)c1nccc(-c2ccc(Br)cc2)n1. The van der Waals surface area contributed by atoms with E-state index in [0.717, 1.165) is 21.6 Å². The molecule has 0 radical (unpaired) electrons. The Morgan fingerprint density at radius 1 is 1.06 bits per heavy atom. The van der Waals surface area contributed by atoms with Gasteiger partial charge in [0.1, 0.15) is 5.82 Å². The summed E-state index contributed by atoms with van der Waals surface area (Å²) in [6.07, 6.45) is 1.82. The van der Waals surface area contributed by atoms with Crippen LogP contribution >= 0.6 is 15.9 Å². The lowest BCUT2D eigenvalue weighted by Gasteiger charge is -2.06. The van der Waals surface area contributed by atoms with Crippen LogP contribution in [0.25, 0.3) is 11.3 Å². The highest BCUT2D eigenvalue weighted by Gasteiger charge is 2.05. The number of nitrogens with zero attached hydrogens (tertiary/aromatic N) is 2. The molecule has 3 heteroatoms. The summed E-state index contributed by atoms with van der Waals surface area (Å²) < 4.78 is 1.08. The molecule has 1 heterocycles. The second-order valence-corrected chi connectivity index (χ2v) is 4.88. The zero-order valence-electron chi connectivity index (χ0n) is 9.31. The third kappa shape index (κ3) is 2.47. The Bertz CT molecular complexity index is 478. The van der Waals surface area contributed by atoms with E-state index in [4.69, 9.17) is 0 Å². The Morgan fingerprint density at radius 2 is 1.75 bits per heavy atom. The van der Waals surface area contributed by atoms with E-state index in [1.807, 2.05) is 24.4 Å². The van der Waals surface area contributed by atoms with Crippen molar-refractivity contribution in [1.82, 2.24) is 9.97 Å². The molecule has 2 nitrogen and oxygen atoms in total. The fourth-order valence-corrected chi connectivity index (χ4v) is 1.70. The summed E-state index contributed by atoms with van der Waals surface area (Å²) in [6, 6.07) is 10.1. The smallest absolute Gasteiger partial charge is 0.131 e. The van der Waals surface area contributed by atoms with E-state index in [0.29, 0.717) is 5.92 Å². The van der Waals surface area contributed by atoms with Gasteiger partial charge in [0.05, 0.1) is 5.69 Å². The highest BCUT2D eigenvalue weighted by molar-refractivity contribution is 9.10. The first-order valence-electron chi connectivity index (χ1n) is 5.25. The molecule has 0 aliphatic rings. The average Bonchev–Trinajstić information content (AvgIpc) is 2.30. The fourth-order valence-electron chi connectivity index (χ4n) is 1.43. The molecule has 0 unspecified atom stereocenters. The van der Waals surface area contributed by atoms with Crippen molar-refractivity contribution < 1.29 is 0 Å². The molecule has 2 rings (SSSR count). The molecule has 0 aliphatic carbocycles. The monoisotopic (exact) mass is 276 g/mol. The highest BCUT2D eigenvalue weighted by Crippen LogP contribution is 2.20. The zero-order valence-corrected chi connectivity index (χ0v) is 10.9. The summed E-state index contributed by atoms with van der Waals surface area (Å²) in [6.45, 7) is 4.20. The third-order valence-electron chi connectivity index (χ3n) is 2.33. The molecule has 0 saturated carbocycles. The van der Waals surface area contributed by atoms with Gasteiger partial charge < -0.3 is 0 Å². The first-order valence-corrected chi connectivity index (χ1v) is 6.05. The first-order chi connectivity index (χ1) is 7.66. The number of halogens is 1. The molecule has 0 fully saturated rings. The van der Waals surface area contributed by atoms with Crippen LogP contribution in [-0.4, -0.2) is 9.97 Å². The molecular formula is C13H13BrN2. The molecule has 1 aromatic carbocycles. The molecule has 0 aliphatic heterocycles. The first kappa shape index (κ1) is 11.3. The zero-order chi connectivity index (χ0) is 11.5. The van der Waals surface area contributed by atoms with Crippen molar-refractivity contribution in [3.05, 3.63) is 46.8 Å². The standard InChI is InChI=1S/C13H13BrN2/c1-9(2)13-15-8-7-12(16-13)10-3-5-11(14)6-4-10/h3-9H,1-2H3. The number of hydrogen-bond donors (Lipinski definition) is 0. The number of benzene rings is 1.